The molecule has 0 saturated heterocycles. The Morgan fingerprint density at radius 2 is 1.50 bits per heavy atom. The molecule has 5 aromatic rings. The van der Waals surface area contributed by atoms with Crippen LogP contribution in [0.1, 0.15) is 11.1 Å². The second-order valence-corrected chi connectivity index (χ2v) is 8.25. The van der Waals surface area contributed by atoms with E-state index in [1.165, 1.54) is 11.8 Å². The number of imidazole rings is 2. The lowest BCUT2D eigenvalue weighted by molar-refractivity contribution is 0.174. The van der Waals surface area contributed by atoms with Crippen LogP contribution >= 0.6 is 11.3 Å². The molecule has 3 N–H and O–H groups in total. The van der Waals surface area contributed by atoms with Crippen LogP contribution in [0.5, 0.6) is 11.5 Å². The quantitative estimate of drug-likeness (QED) is 0.365. The van der Waals surface area contributed by atoms with Crippen molar-refractivity contribution in [1.82, 2.24) is 19.9 Å². The highest BCUT2D eigenvalue weighted by Gasteiger charge is 2.29. The van der Waals surface area contributed by atoms with Crippen molar-refractivity contribution in [3.63, 3.8) is 0 Å². The molecule has 1 aliphatic heterocycles. The molecule has 0 radical (unpaired) electrons. The van der Waals surface area contributed by atoms with Gasteiger partial charge in [0, 0.05) is 6.21 Å². The third-order valence-electron chi connectivity index (χ3n) is 5.14. The number of hydrogen-bond acceptors (Lipinski definition) is 6. The van der Waals surface area contributed by atoms with Gasteiger partial charge in [0.05, 0.1) is 22.1 Å². The van der Waals surface area contributed by atoms with Crippen LogP contribution in [0, 0.1) is 12.3 Å². The smallest absolute Gasteiger partial charge is 0.183 e. The molecule has 1 aliphatic rings. The zero-order chi connectivity index (χ0) is 20.2. The first-order valence-corrected chi connectivity index (χ1v) is 10.4. The van der Waals surface area contributed by atoms with E-state index in [0.29, 0.717) is 24.7 Å². The summed E-state index contributed by atoms with van der Waals surface area (Å²) in [7, 11) is 0. The number of nitrogens with one attached hydrogen (secondary N) is 3. The van der Waals surface area contributed by atoms with E-state index in [1.807, 2.05) is 24.3 Å². The fourth-order valence-corrected chi connectivity index (χ4v) is 4.80. The Hall–Kier alpha value is -3.65. The van der Waals surface area contributed by atoms with Crippen molar-refractivity contribution in [3.05, 3.63) is 47.5 Å². The Bertz CT molecular complexity index is 1450. The molecule has 3 aromatic heterocycles. The summed E-state index contributed by atoms with van der Waals surface area (Å²) in [5, 5.41) is 7.47. The van der Waals surface area contributed by atoms with Crippen molar-refractivity contribution in [2.24, 2.45) is 0 Å². The van der Waals surface area contributed by atoms with Crippen LogP contribution < -0.4 is 9.47 Å². The van der Waals surface area contributed by atoms with Gasteiger partial charge < -0.3 is 24.9 Å². The van der Waals surface area contributed by atoms with Crippen molar-refractivity contribution < 1.29 is 9.47 Å². The van der Waals surface area contributed by atoms with E-state index in [-0.39, 0.29) is 0 Å². The largest absolute Gasteiger partial charge is 0.484 e. The van der Waals surface area contributed by atoms with E-state index in [9.17, 15) is 0 Å². The van der Waals surface area contributed by atoms with Crippen LogP contribution in [-0.2, 0) is 0 Å². The minimum absolute atomic E-state index is 0.494. The van der Waals surface area contributed by atoms with Crippen LogP contribution in [0.2, 0.25) is 0 Å². The summed E-state index contributed by atoms with van der Waals surface area (Å²) in [4.78, 5) is 18.1. The zero-order valence-electron chi connectivity index (χ0n) is 16.1. The van der Waals surface area contributed by atoms with Gasteiger partial charge in [-0.2, -0.15) is 0 Å². The molecule has 2 aromatic carbocycles. The molecular formula is C22H17N5O2S. The number of aromatic nitrogens is 4. The first-order chi connectivity index (χ1) is 14.7. The number of aryl methyl sites for hydroxylation is 1. The van der Waals surface area contributed by atoms with Gasteiger partial charge in [0.2, 0.25) is 0 Å². The normalized spacial score (nSPS) is 13.2. The Morgan fingerprint density at radius 3 is 2.13 bits per heavy atom. The monoisotopic (exact) mass is 415 g/mol. The zero-order valence-corrected chi connectivity index (χ0v) is 16.9. The van der Waals surface area contributed by atoms with E-state index < -0.39 is 0 Å². The number of ether oxygens (including phenoxy) is 2. The number of fused-ring (bicyclic) bond motifs is 3. The number of aromatic amines is 2. The topological polar surface area (TPSA) is 99.7 Å². The number of benzene rings is 2. The Balaban J connectivity index is 1.53. The van der Waals surface area contributed by atoms with E-state index in [0.717, 1.165) is 49.0 Å². The predicted octanol–water partition coefficient (Wildman–Crippen LogP) is 4.91. The van der Waals surface area contributed by atoms with Gasteiger partial charge in [-0.15, -0.1) is 11.3 Å². The Labute approximate surface area is 175 Å². The van der Waals surface area contributed by atoms with Crippen molar-refractivity contribution in [3.8, 4) is 32.9 Å². The number of hydrogen-bond donors (Lipinski definition) is 3. The maximum absolute atomic E-state index is 7.47. The highest BCUT2D eigenvalue weighted by Crippen LogP contribution is 2.52. The molecule has 0 amide bonds. The minimum Gasteiger partial charge on any atom is -0.484 e. The lowest BCUT2D eigenvalue weighted by Crippen LogP contribution is -2.15. The molecule has 148 valence electrons. The lowest BCUT2D eigenvalue weighted by atomic mass is 10.2. The van der Waals surface area contributed by atoms with Gasteiger partial charge in [-0.1, -0.05) is 12.1 Å². The van der Waals surface area contributed by atoms with Crippen LogP contribution in [0.3, 0.4) is 0 Å². The first-order valence-electron chi connectivity index (χ1n) is 9.59. The van der Waals surface area contributed by atoms with Gasteiger partial charge in [0.15, 0.2) is 23.1 Å². The van der Waals surface area contributed by atoms with E-state index in [2.05, 4.69) is 29.0 Å². The van der Waals surface area contributed by atoms with Gasteiger partial charge in [-0.25, -0.2) is 9.97 Å². The maximum atomic E-state index is 7.47. The van der Waals surface area contributed by atoms with Crippen LogP contribution in [0.4, 0.5) is 0 Å². The fourth-order valence-electron chi connectivity index (χ4n) is 3.72. The average molecular weight is 415 g/mol. The molecule has 4 heterocycles. The van der Waals surface area contributed by atoms with E-state index in [4.69, 9.17) is 24.9 Å². The standard InChI is InChI=1S/C22H17N5O2S/c1-11-2-4-13-15(8-11)26-21(24-13)19-17-18(29-7-6-28-17)20(30-19)22-25-14-5-3-12(10-23)9-16(14)27-22/h2-5,8-10,23H,6-7H2,1H3,(H,24,26)(H,25,27). The minimum atomic E-state index is 0.494. The van der Waals surface area contributed by atoms with Gasteiger partial charge in [0.25, 0.3) is 0 Å². The molecule has 7 nitrogen and oxygen atoms in total. The maximum Gasteiger partial charge on any atom is 0.183 e. The third kappa shape index (κ3) is 2.61. The summed E-state index contributed by atoms with van der Waals surface area (Å²) in [6, 6.07) is 11.9. The Morgan fingerprint density at radius 1 is 0.900 bits per heavy atom. The molecule has 0 atom stereocenters. The lowest BCUT2D eigenvalue weighted by Gasteiger charge is -2.16. The SMILES string of the molecule is Cc1ccc2nc(-c3sc(-c4nc5ccc(C=N)cc5[nH]4)c4c3OCCO4)[nH]c2c1. The highest BCUT2D eigenvalue weighted by molar-refractivity contribution is 7.19. The number of thiophene rings is 1. The molecule has 6 rings (SSSR count). The number of nitrogens with zero attached hydrogens (tertiary/aromatic N) is 2. The van der Waals surface area contributed by atoms with Crippen molar-refractivity contribution in [2.75, 3.05) is 13.2 Å². The van der Waals surface area contributed by atoms with E-state index >= 15 is 0 Å². The molecule has 0 fully saturated rings. The van der Waals surface area contributed by atoms with Crippen molar-refractivity contribution >= 4 is 39.6 Å². The van der Waals surface area contributed by atoms with Gasteiger partial charge in [-0.3, -0.25) is 0 Å². The summed E-state index contributed by atoms with van der Waals surface area (Å²) >= 11 is 1.54. The van der Waals surface area contributed by atoms with Crippen LogP contribution in [-0.4, -0.2) is 39.4 Å². The first kappa shape index (κ1) is 17.2. The summed E-state index contributed by atoms with van der Waals surface area (Å²) in [6.45, 7) is 3.06. The molecule has 0 bridgehead atoms. The molecule has 8 heteroatoms. The highest BCUT2D eigenvalue weighted by atomic mass is 32.1. The second kappa shape index (κ2) is 6.43. The molecule has 30 heavy (non-hydrogen) atoms. The summed E-state index contributed by atoms with van der Waals surface area (Å²) in [5.41, 5.74) is 5.63. The molecule has 0 unspecified atom stereocenters. The molecular weight excluding hydrogens is 398 g/mol. The van der Waals surface area contributed by atoms with Gasteiger partial charge in [-0.05, 0) is 42.3 Å². The summed E-state index contributed by atoms with van der Waals surface area (Å²) in [5.74, 6) is 2.88. The summed E-state index contributed by atoms with van der Waals surface area (Å²) < 4.78 is 12.0. The van der Waals surface area contributed by atoms with E-state index in [1.54, 1.807) is 11.3 Å². The van der Waals surface area contributed by atoms with Gasteiger partial charge >= 0.3 is 0 Å². The second-order valence-electron chi connectivity index (χ2n) is 7.23. The molecule has 0 spiro atoms. The predicted molar refractivity (Wildman–Crippen MR) is 118 cm³/mol. The number of rotatable bonds is 3. The van der Waals surface area contributed by atoms with Crippen LogP contribution in [0.25, 0.3) is 43.5 Å². The number of H-pyrrole nitrogens is 2. The fraction of sp³-hybridized carbons (Fsp3) is 0.136. The average Bonchev–Trinajstić information content (AvgIpc) is 3.46. The van der Waals surface area contributed by atoms with Crippen LogP contribution in [0.15, 0.2) is 36.4 Å². The molecule has 0 saturated carbocycles. The van der Waals surface area contributed by atoms with Gasteiger partial charge in [0.1, 0.15) is 23.0 Å². The Kier molecular flexibility index (Phi) is 3.69. The van der Waals surface area contributed by atoms with Crippen molar-refractivity contribution in [1.29, 1.82) is 5.41 Å². The summed E-state index contributed by atoms with van der Waals surface area (Å²) in [6.07, 6.45) is 1.32. The molecule has 0 aliphatic carbocycles. The van der Waals surface area contributed by atoms with Crippen molar-refractivity contribution in [2.45, 2.75) is 6.92 Å². The third-order valence-corrected chi connectivity index (χ3v) is 6.30.